The van der Waals surface area contributed by atoms with Gasteiger partial charge < -0.3 is 4.74 Å². The second-order valence-corrected chi connectivity index (χ2v) is 7.88. The van der Waals surface area contributed by atoms with E-state index in [2.05, 4.69) is 68.4 Å². The lowest BCUT2D eigenvalue weighted by molar-refractivity contribution is 0.0929. The molecule has 0 aliphatic heterocycles. The van der Waals surface area contributed by atoms with Crippen LogP contribution in [0.2, 0.25) is 0 Å². The average Bonchev–Trinajstić information content (AvgIpc) is 2.97. The van der Waals surface area contributed by atoms with Crippen molar-refractivity contribution in [1.29, 1.82) is 0 Å². The topological polar surface area (TPSA) is 26.3 Å². The van der Waals surface area contributed by atoms with Crippen molar-refractivity contribution in [2.24, 2.45) is 5.92 Å². The molecule has 2 heteroatoms. The first-order chi connectivity index (χ1) is 13.6. The molecule has 0 saturated carbocycles. The van der Waals surface area contributed by atoms with E-state index in [-0.39, 0.29) is 17.1 Å². The highest BCUT2D eigenvalue weighted by Crippen LogP contribution is 2.57. The number of carbonyl (C=O) groups excluding carboxylic acids is 1. The average molecular weight is 366 g/mol. The van der Waals surface area contributed by atoms with E-state index in [1.54, 1.807) is 7.11 Å². The normalized spacial score (nSPS) is 22.5. The number of methoxy groups -OCH3 is 1. The molecule has 0 amide bonds. The molecule has 3 aromatic rings. The summed E-state index contributed by atoms with van der Waals surface area (Å²) in [5, 5.41) is 0. The molecule has 3 aromatic carbocycles. The molecule has 0 N–H and O–H groups in total. The maximum Gasteiger partial charge on any atom is 0.171 e. The molecule has 28 heavy (non-hydrogen) atoms. The summed E-state index contributed by atoms with van der Waals surface area (Å²) >= 11 is 0. The zero-order valence-corrected chi connectivity index (χ0v) is 16.3. The van der Waals surface area contributed by atoms with Gasteiger partial charge >= 0.3 is 0 Å². The Balaban J connectivity index is 1.85. The van der Waals surface area contributed by atoms with Gasteiger partial charge in [-0.15, -0.1) is 0 Å². The number of ether oxygens (including phenoxy) is 1. The Morgan fingerprint density at radius 3 is 2.29 bits per heavy atom. The molecule has 0 saturated heterocycles. The van der Waals surface area contributed by atoms with Gasteiger partial charge in [-0.1, -0.05) is 73.2 Å². The number of ketones is 1. The monoisotopic (exact) mass is 366 g/mol. The van der Waals surface area contributed by atoms with E-state index >= 15 is 0 Å². The van der Waals surface area contributed by atoms with Crippen LogP contribution >= 0.6 is 0 Å². The summed E-state index contributed by atoms with van der Waals surface area (Å²) < 4.78 is 5.40. The lowest BCUT2D eigenvalue weighted by Gasteiger charge is -2.40. The second-order valence-electron chi connectivity index (χ2n) is 7.88. The van der Waals surface area contributed by atoms with Crippen LogP contribution in [0.1, 0.15) is 46.5 Å². The van der Waals surface area contributed by atoms with Crippen molar-refractivity contribution >= 4 is 11.4 Å². The van der Waals surface area contributed by atoms with Gasteiger partial charge in [-0.3, -0.25) is 4.79 Å². The largest absolute Gasteiger partial charge is 0.497 e. The van der Waals surface area contributed by atoms with Crippen LogP contribution in [0.4, 0.5) is 0 Å². The Hall–Kier alpha value is -3.13. The Labute approximate surface area is 165 Å². The summed E-state index contributed by atoms with van der Waals surface area (Å²) in [6.45, 7) is 4.35. The first-order valence-electron chi connectivity index (χ1n) is 9.66. The van der Waals surface area contributed by atoms with Gasteiger partial charge in [0.15, 0.2) is 5.78 Å². The standard InChI is InChI=1S/C26H22O2/c1-16-23(17-9-5-4-6-10-17)19-11-7-8-12-21(19)26(2)22-14-13-18(28-3)15-20(22)25(27)24(16)26/h4-15,24H,1-3H3/t24-,26+/m1/s1. The lowest BCUT2D eigenvalue weighted by Crippen LogP contribution is -2.37. The fourth-order valence-corrected chi connectivity index (χ4v) is 5.31. The molecule has 2 aliphatic rings. The SMILES string of the molecule is COc1ccc2c(c1)C(=O)[C@H]1C(C)=C(c3ccccc3)c3ccccc3[C@@]21C. The van der Waals surface area contributed by atoms with E-state index in [1.165, 1.54) is 16.7 Å². The van der Waals surface area contributed by atoms with Gasteiger partial charge in [0, 0.05) is 11.0 Å². The first kappa shape index (κ1) is 17.0. The lowest BCUT2D eigenvalue weighted by atomic mass is 9.61. The van der Waals surface area contributed by atoms with Gasteiger partial charge in [0.1, 0.15) is 5.75 Å². The minimum absolute atomic E-state index is 0.192. The van der Waals surface area contributed by atoms with Crippen LogP contribution in [-0.2, 0) is 5.41 Å². The van der Waals surface area contributed by atoms with Crippen LogP contribution in [0.15, 0.2) is 78.4 Å². The number of Topliss-reactive ketones (excluding diaryl/α,β-unsaturated/α-hetero) is 1. The number of hydrogen-bond donors (Lipinski definition) is 0. The summed E-state index contributed by atoms with van der Waals surface area (Å²) in [6, 6.07) is 24.9. The van der Waals surface area contributed by atoms with Gasteiger partial charge in [-0.2, -0.15) is 0 Å². The Bertz CT molecular complexity index is 1140. The van der Waals surface area contributed by atoms with Crippen molar-refractivity contribution < 1.29 is 9.53 Å². The molecule has 5 rings (SSSR count). The molecule has 2 aliphatic carbocycles. The second kappa shape index (κ2) is 5.93. The number of hydrogen-bond acceptors (Lipinski definition) is 2. The van der Waals surface area contributed by atoms with E-state index in [4.69, 9.17) is 4.74 Å². The third kappa shape index (κ3) is 2.06. The van der Waals surface area contributed by atoms with Crippen LogP contribution in [0, 0.1) is 5.92 Å². The van der Waals surface area contributed by atoms with Gasteiger partial charge in [0.05, 0.1) is 13.0 Å². The van der Waals surface area contributed by atoms with E-state index in [9.17, 15) is 4.79 Å². The minimum atomic E-state index is -0.363. The van der Waals surface area contributed by atoms with Crippen LogP contribution in [0.25, 0.3) is 5.57 Å². The Kier molecular flexibility index (Phi) is 3.60. The zero-order chi connectivity index (χ0) is 19.5. The van der Waals surface area contributed by atoms with Gasteiger partial charge in [-0.25, -0.2) is 0 Å². The maximum atomic E-state index is 13.6. The van der Waals surface area contributed by atoms with Crippen LogP contribution in [0.3, 0.4) is 0 Å². The molecule has 0 radical (unpaired) electrons. The Morgan fingerprint density at radius 2 is 1.54 bits per heavy atom. The van der Waals surface area contributed by atoms with Gasteiger partial charge in [0.2, 0.25) is 0 Å². The quantitative estimate of drug-likeness (QED) is 0.586. The highest BCUT2D eigenvalue weighted by molar-refractivity contribution is 6.09. The highest BCUT2D eigenvalue weighted by atomic mass is 16.5. The molecule has 0 aromatic heterocycles. The van der Waals surface area contributed by atoms with Crippen molar-refractivity contribution in [3.63, 3.8) is 0 Å². The highest BCUT2D eigenvalue weighted by Gasteiger charge is 2.54. The van der Waals surface area contributed by atoms with Gasteiger partial charge in [0.25, 0.3) is 0 Å². The number of benzene rings is 3. The van der Waals surface area contributed by atoms with Crippen molar-refractivity contribution in [2.75, 3.05) is 7.11 Å². The van der Waals surface area contributed by atoms with Crippen LogP contribution in [0.5, 0.6) is 5.75 Å². The van der Waals surface area contributed by atoms with Crippen molar-refractivity contribution in [3.8, 4) is 5.75 Å². The molecule has 0 heterocycles. The maximum absolute atomic E-state index is 13.6. The molecule has 0 bridgehead atoms. The van der Waals surface area contributed by atoms with Crippen LogP contribution in [-0.4, -0.2) is 12.9 Å². The van der Waals surface area contributed by atoms with Crippen molar-refractivity contribution in [3.05, 3.63) is 106 Å². The molecule has 0 fully saturated rings. The molecule has 0 unspecified atom stereocenters. The minimum Gasteiger partial charge on any atom is -0.497 e. The smallest absolute Gasteiger partial charge is 0.171 e. The molecule has 2 nitrogen and oxygen atoms in total. The van der Waals surface area contributed by atoms with Crippen molar-refractivity contribution in [1.82, 2.24) is 0 Å². The third-order valence-electron chi connectivity index (χ3n) is 6.54. The first-order valence-corrected chi connectivity index (χ1v) is 9.66. The molecular formula is C26H22O2. The fraction of sp³-hybridized carbons (Fsp3) is 0.192. The summed E-state index contributed by atoms with van der Waals surface area (Å²) in [5.74, 6) is 0.726. The van der Waals surface area contributed by atoms with Gasteiger partial charge in [-0.05, 0) is 46.9 Å². The third-order valence-corrected chi connectivity index (χ3v) is 6.54. The van der Waals surface area contributed by atoms with E-state index in [0.29, 0.717) is 0 Å². The number of rotatable bonds is 2. The summed E-state index contributed by atoms with van der Waals surface area (Å²) in [7, 11) is 1.64. The molecule has 0 spiro atoms. The number of fused-ring (bicyclic) bond motifs is 5. The molecule has 138 valence electrons. The Morgan fingerprint density at radius 1 is 0.857 bits per heavy atom. The van der Waals surface area contributed by atoms with E-state index < -0.39 is 0 Å². The van der Waals surface area contributed by atoms with Crippen molar-refractivity contribution in [2.45, 2.75) is 19.3 Å². The number of carbonyl (C=O) groups is 1. The van der Waals surface area contributed by atoms with Crippen LogP contribution < -0.4 is 4.74 Å². The molecule has 2 atom stereocenters. The summed E-state index contributed by atoms with van der Waals surface area (Å²) in [5.41, 5.74) is 7.47. The van der Waals surface area contributed by atoms with E-state index in [1.807, 2.05) is 18.2 Å². The van der Waals surface area contributed by atoms with E-state index in [0.717, 1.165) is 28.0 Å². The fourth-order valence-electron chi connectivity index (χ4n) is 5.31. The predicted molar refractivity (Wildman–Crippen MR) is 112 cm³/mol. The predicted octanol–water partition coefficient (Wildman–Crippen LogP) is 5.65. The molecular weight excluding hydrogens is 344 g/mol. The zero-order valence-electron chi connectivity index (χ0n) is 16.3. The number of allylic oxidation sites excluding steroid dienone is 1. The summed E-state index contributed by atoms with van der Waals surface area (Å²) in [6.07, 6.45) is 0. The summed E-state index contributed by atoms with van der Waals surface area (Å²) in [4.78, 5) is 13.6.